The van der Waals surface area contributed by atoms with Crippen molar-refractivity contribution in [2.45, 2.75) is 239 Å². The van der Waals surface area contributed by atoms with E-state index in [9.17, 15) is 14.4 Å². The lowest BCUT2D eigenvalue weighted by Gasteiger charge is -2.24. The van der Waals surface area contributed by atoms with E-state index in [-0.39, 0.29) is 24.0 Å². The van der Waals surface area contributed by atoms with Crippen molar-refractivity contribution in [3.05, 3.63) is 0 Å². The average Bonchev–Trinajstić information content (AvgIpc) is 3.13. The molecular formula is C46H91N3O3. The predicted octanol–water partition coefficient (Wildman–Crippen LogP) is 12.8. The third-order valence-electron chi connectivity index (χ3n) is 10.9. The molecule has 6 heteroatoms. The Morgan fingerprint density at radius 1 is 0.404 bits per heavy atom. The second-order valence-corrected chi connectivity index (χ2v) is 16.2. The number of amides is 2. The molecule has 0 aromatic rings. The molecular weight excluding hydrogens is 643 g/mol. The largest absolute Gasteiger partial charge is 0.344 e. The summed E-state index contributed by atoms with van der Waals surface area (Å²) in [5, 5.41) is 3.06. The molecule has 0 unspecified atom stereocenters. The van der Waals surface area contributed by atoms with Crippen molar-refractivity contribution in [2.75, 3.05) is 39.8 Å². The van der Waals surface area contributed by atoms with E-state index in [0.717, 1.165) is 25.9 Å². The summed E-state index contributed by atoms with van der Waals surface area (Å²) >= 11 is 0. The summed E-state index contributed by atoms with van der Waals surface area (Å²) in [4.78, 5) is 40.9. The van der Waals surface area contributed by atoms with Crippen LogP contribution in [0, 0.1) is 0 Å². The molecule has 0 radical (unpaired) electrons. The Kier molecular flexibility index (Phi) is 39.6. The first kappa shape index (κ1) is 50.6. The summed E-state index contributed by atoms with van der Waals surface area (Å²) in [6.45, 7) is 9.24. The van der Waals surface area contributed by atoms with Gasteiger partial charge in [-0.2, -0.15) is 0 Å². The van der Waals surface area contributed by atoms with Gasteiger partial charge < -0.3 is 15.1 Å². The number of rotatable bonds is 42. The van der Waals surface area contributed by atoms with Gasteiger partial charge in [-0.05, 0) is 19.8 Å². The molecule has 0 aliphatic heterocycles. The minimum absolute atomic E-state index is 0.00254. The predicted molar refractivity (Wildman–Crippen MR) is 226 cm³/mol. The lowest BCUT2D eigenvalue weighted by atomic mass is 10.0. The molecule has 1 N–H and O–H groups in total. The fourth-order valence-electron chi connectivity index (χ4n) is 7.26. The van der Waals surface area contributed by atoms with E-state index in [1.54, 1.807) is 18.9 Å². The number of unbranched alkanes of at least 4 members (excludes halogenated alkanes) is 30. The van der Waals surface area contributed by atoms with E-state index < -0.39 is 0 Å². The molecule has 52 heavy (non-hydrogen) atoms. The van der Waals surface area contributed by atoms with Crippen LogP contribution in [0.1, 0.15) is 239 Å². The van der Waals surface area contributed by atoms with Gasteiger partial charge in [0, 0.05) is 46.1 Å². The summed E-state index contributed by atoms with van der Waals surface area (Å²) in [6, 6.07) is 0. The van der Waals surface area contributed by atoms with Crippen molar-refractivity contribution in [1.29, 1.82) is 0 Å². The maximum atomic E-state index is 13.3. The molecule has 0 aromatic carbocycles. The zero-order valence-electron chi connectivity index (χ0n) is 35.7. The van der Waals surface area contributed by atoms with Crippen molar-refractivity contribution in [3.63, 3.8) is 0 Å². The third-order valence-corrected chi connectivity index (χ3v) is 10.9. The van der Waals surface area contributed by atoms with Crippen molar-refractivity contribution in [2.24, 2.45) is 0 Å². The molecule has 308 valence electrons. The number of carbonyl (C=O) groups is 3. The molecule has 6 nitrogen and oxygen atoms in total. The maximum absolute atomic E-state index is 13.3. The molecule has 0 aromatic heterocycles. The normalized spacial score (nSPS) is 11.3. The molecule has 0 bridgehead atoms. The molecule has 0 heterocycles. The summed E-state index contributed by atoms with van der Waals surface area (Å²) in [5.41, 5.74) is 0. The molecule has 0 atom stereocenters. The van der Waals surface area contributed by atoms with Crippen molar-refractivity contribution < 1.29 is 14.4 Å². The van der Waals surface area contributed by atoms with Crippen LogP contribution in [0.15, 0.2) is 0 Å². The molecule has 0 spiro atoms. The molecule has 0 rings (SSSR count). The average molecular weight is 734 g/mol. The number of carbonyl (C=O) groups excluding carboxylic acids is 3. The first-order valence-corrected chi connectivity index (χ1v) is 23.1. The van der Waals surface area contributed by atoms with Crippen LogP contribution in [0.4, 0.5) is 0 Å². The fraction of sp³-hybridized carbons (Fsp3) is 0.935. The Morgan fingerprint density at radius 2 is 0.692 bits per heavy atom. The molecule has 0 fully saturated rings. The Bertz CT molecular complexity index is 753. The molecule has 0 saturated heterocycles. The molecule has 0 aliphatic carbocycles. The van der Waals surface area contributed by atoms with Gasteiger partial charge in [0.1, 0.15) is 5.78 Å². The first-order valence-electron chi connectivity index (χ1n) is 23.1. The van der Waals surface area contributed by atoms with E-state index >= 15 is 0 Å². The molecule has 2 amide bonds. The van der Waals surface area contributed by atoms with E-state index in [1.807, 2.05) is 0 Å². The Balaban J connectivity index is 4.23. The number of likely N-dealkylation sites (N-methyl/N-ethyl adjacent to an activating group) is 1. The standard InChI is InChI=1S/C46H91N3O3/c1-5-7-9-11-13-15-17-19-21-23-25-27-29-31-33-35-40-49(46(52)38-37-45(51)48(4)42-39-47-43-44(3)50)41-36-34-32-30-28-26-24-22-20-18-16-14-12-10-8-6-2/h47H,5-43H2,1-4H3. The van der Waals surface area contributed by atoms with Gasteiger partial charge >= 0.3 is 0 Å². The lowest BCUT2D eigenvalue weighted by molar-refractivity contribution is -0.136. The highest BCUT2D eigenvalue weighted by molar-refractivity contribution is 5.83. The van der Waals surface area contributed by atoms with E-state index in [0.29, 0.717) is 26.1 Å². The Labute approximate surface area is 325 Å². The Hall–Kier alpha value is -1.43. The highest BCUT2D eigenvalue weighted by Crippen LogP contribution is 2.16. The van der Waals surface area contributed by atoms with Gasteiger partial charge in [-0.15, -0.1) is 0 Å². The maximum Gasteiger partial charge on any atom is 0.223 e. The smallest absolute Gasteiger partial charge is 0.223 e. The summed E-state index contributed by atoms with van der Waals surface area (Å²) in [7, 11) is 1.78. The van der Waals surface area contributed by atoms with Gasteiger partial charge in [0.15, 0.2) is 0 Å². The van der Waals surface area contributed by atoms with Crippen LogP contribution in [-0.2, 0) is 14.4 Å². The summed E-state index contributed by atoms with van der Waals surface area (Å²) in [6.07, 6.45) is 43.8. The zero-order chi connectivity index (χ0) is 38.2. The van der Waals surface area contributed by atoms with Gasteiger partial charge in [0.2, 0.25) is 11.8 Å². The topological polar surface area (TPSA) is 69.7 Å². The second kappa shape index (κ2) is 40.7. The van der Waals surface area contributed by atoms with E-state index in [4.69, 9.17) is 0 Å². The van der Waals surface area contributed by atoms with Crippen LogP contribution in [0.2, 0.25) is 0 Å². The summed E-state index contributed by atoms with van der Waals surface area (Å²) in [5.74, 6) is 0.231. The lowest BCUT2D eigenvalue weighted by Crippen LogP contribution is -2.37. The van der Waals surface area contributed by atoms with Crippen molar-refractivity contribution in [1.82, 2.24) is 15.1 Å². The van der Waals surface area contributed by atoms with Crippen LogP contribution in [0.5, 0.6) is 0 Å². The van der Waals surface area contributed by atoms with Gasteiger partial charge in [-0.3, -0.25) is 14.4 Å². The highest BCUT2D eigenvalue weighted by Gasteiger charge is 2.16. The fourth-order valence-corrected chi connectivity index (χ4v) is 7.26. The minimum atomic E-state index is 0.00254. The minimum Gasteiger partial charge on any atom is -0.344 e. The van der Waals surface area contributed by atoms with Crippen LogP contribution in [0.25, 0.3) is 0 Å². The Morgan fingerprint density at radius 3 is 1.00 bits per heavy atom. The molecule has 0 saturated carbocycles. The van der Waals surface area contributed by atoms with Crippen LogP contribution < -0.4 is 5.32 Å². The third kappa shape index (κ3) is 36.9. The van der Waals surface area contributed by atoms with Crippen LogP contribution in [-0.4, -0.2) is 67.2 Å². The monoisotopic (exact) mass is 734 g/mol. The van der Waals surface area contributed by atoms with E-state index in [2.05, 4.69) is 24.1 Å². The first-order chi connectivity index (χ1) is 25.4. The van der Waals surface area contributed by atoms with Gasteiger partial charge in [-0.25, -0.2) is 0 Å². The van der Waals surface area contributed by atoms with Crippen LogP contribution >= 0.6 is 0 Å². The van der Waals surface area contributed by atoms with Gasteiger partial charge in [-0.1, -0.05) is 206 Å². The number of nitrogens with one attached hydrogen (secondary N) is 1. The number of hydrogen-bond acceptors (Lipinski definition) is 4. The van der Waals surface area contributed by atoms with Crippen LogP contribution in [0.3, 0.4) is 0 Å². The van der Waals surface area contributed by atoms with Gasteiger partial charge in [0.05, 0.1) is 6.54 Å². The van der Waals surface area contributed by atoms with E-state index in [1.165, 1.54) is 193 Å². The molecule has 0 aliphatic rings. The number of nitrogens with zero attached hydrogens (tertiary/aromatic N) is 2. The highest BCUT2D eigenvalue weighted by atomic mass is 16.2. The SMILES string of the molecule is CCCCCCCCCCCCCCCCCCN(CCCCCCCCCCCCCCCCCC)C(=O)CCC(=O)N(C)CCNCC(C)=O. The number of Topliss-reactive ketones (excluding diaryl/α,β-unsaturated/α-hetero) is 1. The zero-order valence-corrected chi connectivity index (χ0v) is 35.7. The second-order valence-electron chi connectivity index (χ2n) is 16.2. The van der Waals surface area contributed by atoms with Crippen molar-refractivity contribution >= 4 is 17.6 Å². The number of ketones is 1. The van der Waals surface area contributed by atoms with Gasteiger partial charge in [0.25, 0.3) is 0 Å². The van der Waals surface area contributed by atoms with Crippen molar-refractivity contribution in [3.8, 4) is 0 Å². The summed E-state index contributed by atoms with van der Waals surface area (Å²) < 4.78 is 0. The number of hydrogen-bond donors (Lipinski definition) is 1. The quantitative estimate of drug-likeness (QED) is 0.0634.